The summed E-state index contributed by atoms with van der Waals surface area (Å²) < 4.78 is 0. The fraction of sp³-hybridized carbons (Fsp3) is 0. The van der Waals surface area contributed by atoms with E-state index in [-0.39, 0.29) is 5.91 Å². The highest BCUT2D eigenvalue weighted by atomic mass is 16.2. The van der Waals surface area contributed by atoms with Crippen molar-refractivity contribution >= 4 is 23.0 Å². The standard InChI is InChI=1S/C21H16N4O/c26-21(25-23-14-15-6-5-11-22-13-15)18-10-4-9-17-12-19(24-20(17)18)16-7-2-1-3-8-16/h1-14,24H,(H,25,26)/b23-14+. The number of aromatic nitrogens is 2. The van der Waals surface area contributed by atoms with E-state index in [0.717, 1.165) is 27.7 Å². The van der Waals surface area contributed by atoms with Crippen LogP contribution in [0.3, 0.4) is 0 Å². The Kier molecular flexibility index (Phi) is 4.26. The molecule has 2 aromatic carbocycles. The molecule has 0 aliphatic carbocycles. The quantitative estimate of drug-likeness (QED) is 0.435. The van der Waals surface area contributed by atoms with Crippen LogP contribution < -0.4 is 5.43 Å². The van der Waals surface area contributed by atoms with Crippen LogP contribution in [0.25, 0.3) is 22.2 Å². The minimum atomic E-state index is -0.266. The zero-order valence-electron chi connectivity index (χ0n) is 13.9. The first kappa shape index (κ1) is 15.8. The predicted octanol–water partition coefficient (Wildman–Crippen LogP) is 3.99. The third kappa shape index (κ3) is 3.23. The molecule has 4 aromatic rings. The van der Waals surface area contributed by atoms with Gasteiger partial charge in [0.15, 0.2) is 0 Å². The van der Waals surface area contributed by atoms with E-state index in [1.54, 1.807) is 24.7 Å². The van der Waals surface area contributed by atoms with Crippen molar-refractivity contribution in [3.8, 4) is 11.3 Å². The molecule has 0 bridgehead atoms. The second kappa shape index (κ2) is 7.03. The summed E-state index contributed by atoms with van der Waals surface area (Å²) in [6, 6.07) is 21.4. The maximum atomic E-state index is 12.5. The molecule has 0 saturated carbocycles. The van der Waals surface area contributed by atoms with Gasteiger partial charge in [0.25, 0.3) is 5.91 Å². The minimum Gasteiger partial charge on any atom is -0.354 e. The van der Waals surface area contributed by atoms with Gasteiger partial charge in [-0.05, 0) is 23.8 Å². The Hall–Kier alpha value is -3.73. The highest BCUT2D eigenvalue weighted by Crippen LogP contribution is 2.26. The lowest BCUT2D eigenvalue weighted by molar-refractivity contribution is 0.0956. The number of nitrogens with one attached hydrogen (secondary N) is 2. The molecule has 5 nitrogen and oxygen atoms in total. The van der Waals surface area contributed by atoms with Gasteiger partial charge >= 0.3 is 0 Å². The summed E-state index contributed by atoms with van der Waals surface area (Å²) in [7, 11) is 0. The molecule has 0 aliphatic rings. The molecule has 0 fully saturated rings. The largest absolute Gasteiger partial charge is 0.354 e. The number of pyridine rings is 1. The van der Waals surface area contributed by atoms with Crippen molar-refractivity contribution in [2.24, 2.45) is 5.10 Å². The maximum absolute atomic E-state index is 12.5. The number of hydrazone groups is 1. The highest BCUT2D eigenvalue weighted by Gasteiger charge is 2.12. The normalized spacial score (nSPS) is 11.1. The van der Waals surface area contributed by atoms with E-state index in [1.807, 2.05) is 60.7 Å². The number of hydrogen-bond acceptors (Lipinski definition) is 3. The number of carbonyl (C=O) groups is 1. The van der Waals surface area contributed by atoms with Crippen LogP contribution in [0.5, 0.6) is 0 Å². The molecular formula is C21H16N4O. The van der Waals surface area contributed by atoms with E-state index in [4.69, 9.17) is 0 Å². The Morgan fingerprint density at radius 2 is 1.92 bits per heavy atom. The average Bonchev–Trinajstić information content (AvgIpc) is 3.14. The first-order chi connectivity index (χ1) is 12.8. The van der Waals surface area contributed by atoms with Crippen LogP contribution in [0.15, 0.2) is 84.2 Å². The van der Waals surface area contributed by atoms with Crippen molar-refractivity contribution in [3.05, 3.63) is 90.3 Å². The number of amides is 1. The number of para-hydroxylation sites is 1. The van der Waals surface area contributed by atoms with Crippen LogP contribution in [-0.2, 0) is 0 Å². The topological polar surface area (TPSA) is 70.1 Å². The van der Waals surface area contributed by atoms with Crippen LogP contribution in [0, 0.1) is 0 Å². The number of carbonyl (C=O) groups excluding carboxylic acids is 1. The van der Waals surface area contributed by atoms with Gasteiger partial charge in [-0.15, -0.1) is 0 Å². The number of aromatic amines is 1. The molecular weight excluding hydrogens is 324 g/mol. The van der Waals surface area contributed by atoms with Crippen molar-refractivity contribution in [1.82, 2.24) is 15.4 Å². The lowest BCUT2D eigenvalue weighted by Crippen LogP contribution is -2.18. The maximum Gasteiger partial charge on any atom is 0.273 e. The fourth-order valence-corrected chi connectivity index (χ4v) is 2.80. The van der Waals surface area contributed by atoms with Gasteiger partial charge in [0.2, 0.25) is 0 Å². The molecule has 126 valence electrons. The molecule has 2 aromatic heterocycles. The molecule has 1 amide bonds. The molecule has 0 atom stereocenters. The van der Waals surface area contributed by atoms with Crippen LogP contribution in [0.2, 0.25) is 0 Å². The second-order valence-electron chi connectivity index (χ2n) is 5.80. The van der Waals surface area contributed by atoms with Gasteiger partial charge < -0.3 is 4.98 Å². The average molecular weight is 340 g/mol. The van der Waals surface area contributed by atoms with Crippen LogP contribution >= 0.6 is 0 Å². The number of fused-ring (bicyclic) bond motifs is 1. The van der Waals surface area contributed by atoms with E-state index >= 15 is 0 Å². The Balaban J connectivity index is 1.61. The molecule has 0 aliphatic heterocycles. The van der Waals surface area contributed by atoms with E-state index in [1.165, 1.54) is 0 Å². The first-order valence-electron chi connectivity index (χ1n) is 8.22. The molecule has 0 spiro atoms. The zero-order valence-corrected chi connectivity index (χ0v) is 13.9. The van der Waals surface area contributed by atoms with Gasteiger partial charge in [0, 0.05) is 29.0 Å². The lowest BCUT2D eigenvalue weighted by atomic mass is 10.1. The third-order valence-corrected chi connectivity index (χ3v) is 4.05. The number of hydrogen-bond donors (Lipinski definition) is 2. The van der Waals surface area contributed by atoms with Crippen LogP contribution in [0.4, 0.5) is 0 Å². The van der Waals surface area contributed by atoms with Crippen molar-refractivity contribution in [3.63, 3.8) is 0 Å². The first-order valence-corrected chi connectivity index (χ1v) is 8.22. The van der Waals surface area contributed by atoms with E-state index in [2.05, 4.69) is 20.5 Å². The summed E-state index contributed by atoms with van der Waals surface area (Å²) in [4.78, 5) is 19.9. The van der Waals surface area contributed by atoms with Crippen molar-refractivity contribution in [1.29, 1.82) is 0 Å². The fourth-order valence-electron chi connectivity index (χ4n) is 2.80. The second-order valence-corrected chi connectivity index (χ2v) is 5.80. The molecule has 0 unspecified atom stereocenters. The molecule has 5 heteroatoms. The Labute approximate surface area is 150 Å². The highest BCUT2D eigenvalue weighted by molar-refractivity contribution is 6.07. The molecule has 0 saturated heterocycles. The molecule has 4 rings (SSSR count). The number of benzene rings is 2. The summed E-state index contributed by atoms with van der Waals surface area (Å²) in [6.45, 7) is 0. The van der Waals surface area contributed by atoms with Gasteiger partial charge in [-0.2, -0.15) is 5.10 Å². The molecule has 2 heterocycles. The van der Waals surface area contributed by atoms with E-state index in [9.17, 15) is 4.79 Å². The SMILES string of the molecule is O=C(N/N=C/c1cccnc1)c1cccc2cc(-c3ccccc3)[nH]c12. The predicted molar refractivity (Wildman–Crippen MR) is 103 cm³/mol. The smallest absolute Gasteiger partial charge is 0.273 e. The Morgan fingerprint density at radius 3 is 2.73 bits per heavy atom. The van der Waals surface area contributed by atoms with Gasteiger partial charge in [0.05, 0.1) is 17.3 Å². The van der Waals surface area contributed by atoms with Gasteiger partial charge in [-0.1, -0.05) is 48.5 Å². The number of rotatable bonds is 4. The van der Waals surface area contributed by atoms with Crippen LogP contribution in [0.1, 0.15) is 15.9 Å². The van der Waals surface area contributed by atoms with Gasteiger partial charge in [-0.25, -0.2) is 5.43 Å². The summed E-state index contributed by atoms with van der Waals surface area (Å²) in [5.74, 6) is -0.266. The molecule has 26 heavy (non-hydrogen) atoms. The van der Waals surface area contributed by atoms with Crippen molar-refractivity contribution < 1.29 is 4.79 Å². The van der Waals surface area contributed by atoms with Gasteiger partial charge in [-0.3, -0.25) is 9.78 Å². The molecule has 2 N–H and O–H groups in total. The monoisotopic (exact) mass is 340 g/mol. The molecule has 0 radical (unpaired) electrons. The lowest BCUT2D eigenvalue weighted by Gasteiger charge is -2.02. The van der Waals surface area contributed by atoms with Gasteiger partial charge in [0.1, 0.15) is 0 Å². The third-order valence-electron chi connectivity index (χ3n) is 4.05. The summed E-state index contributed by atoms with van der Waals surface area (Å²) in [5, 5.41) is 4.99. The van der Waals surface area contributed by atoms with Crippen molar-refractivity contribution in [2.75, 3.05) is 0 Å². The summed E-state index contributed by atoms with van der Waals surface area (Å²) >= 11 is 0. The Bertz CT molecular complexity index is 1070. The minimum absolute atomic E-state index is 0.266. The van der Waals surface area contributed by atoms with E-state index < -0.39 is 0 Å². The summed E-state index contributed by atoms with van der Waals surface area (Å²) in [6.07, 6.45) is 4.93. The summed E-state index contributed by atoms with van der Waals surface area (Å²) in [5.41, 5.74) is 6.78. The van der Waals surface area contributed by atoms with Crippen molar-refractivity contribution in [2.45, 2.75) is 0 Å². The number of nitrogens with zero attached hydrogens (tertiary/aromatic N) is 2. The Morgan fingerprint density at radius 1 is 1.04 bits per heavy atom. The zero-order chi connectivity index (χ0) is 17.8. The van der Waals surface area contributed by atoms with E-state index in [0.29, 0.717) is 5.56 Å². The number of H-pyrrole nitrogens is 1. The van der Waals surface area contributed by atoms with Crippen LogP contribution in [-0.4, -0.2) is 22.1 Å².